The Bertz CT molecular complexity index is 200. The van der Waals surface area contributed by atoms with Crippen molar-refractivity contribution in [2.45, 2.75) is 52.7 Å². The Morgan fingerprint density at radius 3 is 2.43 bits per heavy atom. The van der Waals surface area contributed by atoms with Crippen molar-refractivity contribution in [2.24, 2.45) is 5.41 Å². The van der Waals surface area contributed by atoms with E-state index in [1.165, 1.54) is 0 Å². The Kier molecular flexibility index (Phi) is 3.53. The van der Waals surface area contributed by atoms with Crippen LogP contribution in [0.1, 0.15) is 40.5 Å². The summed E-state index contributed by atoms with van der Waals surface area (Å²) in [5, 5.41) is 3.31. The SMILES string of the molecule is CC1CCC(OC(=O)C(C)(C)C)CN1. The van der Waals surface area contributed by atoms with Gasteiger partial charge >= 0.3 is 5.97 Å². The number of carbonyl (C=O) groups excluding carboxylic acids is 1. The highest BCUT2D eigenvalue weighted by atomic mass is 16.5. The number of hydrogen-bond acceptors (Lipinski definition) is 3. The van der Waals surface area contributed by atoms with Crippen molar-refractivity contribution in [1.82, 2.24) is 5.32 Å². The molecule has 1 fully saturated rings. The van der Waals surface area contributed by atoms with E-state index < -0.39 is 0 Å². The standard InChI is InChI=1S/C11H21NO2/c1-8-5-6-9(7-12-8)14-10(13)11(2,3)4/h8-9,12H,5-7H2,1-4H3. The van der Waals surface area contributed by atoms with Crippen LogP contribution < -0.4 is 5.32 Å². The Balaban J connectivity index is 2.35. The molecular formula is C11H21NO2. The molecule has 0 aromatic rings. The highest BCUT2D eigenvalue weighted by Gasteiger charge is 2.27. The van der Waals surface area contributed by atoms with E-state index in [9.17, 15) is 4.79 Å². The first kappa shape index (κ1) is 11.5. The fraction of sp³-hybridized carbons (Fsp3) is 0.909. The summed E-state index contributed by atoms with van der Waals surface area (Å²) >= 11 is 0. The van der Waals surface area contributed by atoms with Gasteiger partial charge in [-0.2, -0.15) is 0 Å². The molecule has 2 unspecified atom stereocenters. The van der Waals surface area contributed by atoms with Crippen LogP contribution in [0.3, 0.4) is 0 Å². The number of hydrogen-bond donors (Lipinski definition) is 1. The Morgan fingerprint density at radius 2 is 2.00 bits per heavy atom. The number of rotatable bonds is 1. The fourth-order valence-electron chi connectivity index (χ4n) is 1.40. The molecule has 1 N–H and O–H groups in total. The normalized spacial score (nSPS) is 28.6. The molecule has 3 heteroatoms. The molecule has 0 aromatic carbocycles. The van der Waals surface area contributed by atoms with Gasteiger partial charge in [0.05, 0.1) is 5.41 Å². The number of ether oxygens (including phenoxy) is 1. The van der Waals surface area contributed by atoms with Crippen molar-refractivity contribution in [3.05, 3.63) is 0 Å². The second kappa shape index (κ2) is 4.30. The molecule has 0 aliphatic carbocycles. The minimum atomic E-state index is -0.386. The third-order valence-electron chi connectivity index (χ3n) is 2.50. The quantitative estimate of drug-likeness (QED) is 0.653. The fourth-order valence-corrected chi connectivity index (χ4v) is 1.40. The molecule has 0 amide bonds. The number of nitrogens with one attached hydrogen (secondary N) is 1. The third kappa shape index (κ3) is 3.29. The molecule has 1 aliphatic rings. The van der Waals surface area contributed by atoms with Gasteiger partial charge in [0.1, 0.15) is 6.10 Å². The van der Waals surface area contributed by atoms with Gasteiger partial charge in [-0.25, -0.2) is 0 Å². The van der Waals surface area contributed by atoms with E-state index >= 15 is 0 Å². The van der Waals surface area contributed by atoms with Gasteiger partial charge in [0.15, 0.2) is 0 Å². The zero-order valence-electron chi connectivity index (χ0n) is 9.59. The predicted octanol–water partition coefficient (Wildman–Crippen LogP) is 1.72. The minimum Gasteiger partial charge on any atom is -0.461 e. The predicted molar refractivity (Wildman–Crippen MR) is 56.0 cm³/mol. The molecule has 0 radical (unpaired) electrons. The first-order valence-electron chi connectivity index (χ1n) is 5.34. The lowest BCUT2D eigenvalue weighted by molar-refractivity contribution is -0.159. The molecule has 1 aliphatic heterocycles. The lowest BCUT2D eigenvalue weighted by Gasteiger charge is -2.29. The summed E-state index contributed by atoms with van der Waals surface area (Å²) in [5.74, 6) is -0.0983. The van der Waals surface area contributed by atoms with E-state index in [4.69, 9.17) is 4.74 Å². The second-order valence-electron chi connectivity index (χ2n) is 5.16. The summed E-state index contributed by atoms with van der Waals surface area (Å²) in [5.41, 5.74) is -0.386. The summed E-state index contributed by atoms with van der Waals surface area (Å²) in [6, 6.07) is 0.555. The minimum absolute atomic E-state index is 0.0675. The Labute approximate surface area is 86.2 Å². The largest absolute Gasteiger partial charge is 0.461 e. The summed E-state index contributed by atoms with van der Waals surface area (Å²) in [6.07, 6.45) is 2.14. The van der Waals surface area contributed by atoms with Gasteiger partial charge in [-0.1, -0.05) is 0 Å². The monoisotopic (exact) mass is 199 g/mol. The van der Waals surface area contributed by atoms with E-state index in [0.717, 1.165) is 19.4 Å². The molecule has 2 atom stereocenters. The number of piperidine rings is 1. The van der Waals surface area contributed by atoms with Gasteiger partial charge in [0.25, 0.3) is 0 Å². The molecule has 0 saturated carbocycles. The van der Waals surface area contributed by atoms with Crippen molar-refractivity contribution in [1.29, 1.82) is 0 Å². The molecule has 14 heavy (non-hydrogen) atoms. The van der Waals surface area contributed by atoms with Crippen molar-refractivity contribution in [2.75, 3.05) is 6.54 Å². The van der Waals surface area contributed by atoms with Crippen LogP contribution in [0.25, 0.3) is 0 Å². The number of esters is 1. The van der Waals surface area contributed by atoms with Crippen LogP contribution in [-0.2, 0) is 9.53 Å². The van der Waals surface area contributed by atoms with E-state index in [2.05, 4.69) is 12.2 Å². The molecule has 3 nitrogen and oxygen atoms in total. The first-order chi connectivity index (χ1) is 6.39. The van der Waals surface area contributed by atoms with E-state index in [0.29, 0.717) is 6.04 Å². The Hall–Kier alpha value is -0.570. The number of carbonyl (C=O) groups is 1. The van der Waals surface area contributed by atoms with Gasteiger partial charge in [-0.3, -0.25) is 4.79 Å². The summed E-state index contributed by atoms with van der Waals surface area (Å²) < 4.78 is 5.40. The molecule has 1 saturated heterocycles. The maximum atomic E-state index is 11.6. The molecule has 0 spiro atoms. The lowest BCUT2D eigenvalue weighted by Crippen LogP contribution is -2.43. The van der Waals surface area contributed by atoms with Gasteiger partial charge < -0.3 is 10.1 Å². The molecule has 0 aromatic heterocycles. The van der Waals surface area contributed by atoms with Crippen LogP contribution in [0, 0.1) is 5.41 Å². The smallest absolute Gasteiger partial charge is 0.311 e. The van der Waals surface area contributed by atoms with E-state index in [1.54, 1.807) is 0 Å². The lowest BCUT2D eigenvalue weighted by atomic mass is 9.97. The first-order valence-corrected chi connectivity index (χ1v) is 5.34. The third-order valence-corrected chi connectivity index (χ3v) is 2.50. The summed E-state index contributed by atoms with van der Waals surface area (Å²) in [6.45, 7) is 8.60. The van der Waals surface area contributed by atoms with Crippen molar-refractivity contribution in [3.63, 3.8) is 0 Å². The van der Waals surface area contributed by atoms with Gasteiger partial charge in [0.2, 0.25) is 0 Å². The van der Waals surface area contributed by atoms with Crippen LogP contribution in [0.15, 0.2) is 0 Å². The maximum absolute atomic E-state index is 11.6. The van der Waals surface area contributed by atoms with Gasteiger partial charge in [-0.15, -0.1) is 0 Å². The average Bonchev–Trinajstić information content (AvgIpc) is 2.07. The molecule has 1 heterocycles. The topological polar surface area (TPSA) is 38.3 Å². The molecule has 82 valence electrons. The molecule has 0 bridgehead atoms. The average molecular weight is 199 g/mol. The highest BCUT2D eigenvalue weighted by molar-refractivity contribution is 5.75. The zero-order valence-corrected chi connectivity index (χ0v) is 9.59. The van der Waals surface area contributed by atoms with Crippen LogP contribution in [0.2, 0.25) is 0 Å². The van der Waals surface area contributed by atoms with Crippen LogP contribution in [0.5, 0.6) is 0 Å². The van der Waals surface area contributed by atoms with Gasteiger partial charge in [0, 0.05) is 12.6 Å². The van der Waals surface area contributed by atoms with Crippen LogP contribution in [0.4, 0.5) is 0 Å². The zero-order chi connectivity index (χ0) is 10.8. The Morgan fingerprint density at radius 1 is 1.36 bits per heavy atom. The van der Waals surface area contributed by atoms with Gasteiger partial charge in [-0.05, 0) is 40.5 Å². The van der Waals surface area contributed by atoms with Crippen LogP contribution in [-0.4, -0.2) is 24.7 Å². The van der Waals surface area contributed by atoms with Crippen molar-refractivity contribution >= 4 is 5.97 Å². The molecular weight excluding hydrogens is 178 g/mol. The van der Waals surface area contributed by atoms with Crippen LogP contribution >= 0.6 is 0 Å². The summed E-state index contributed by atoms with van der Waals surface area (Å²) in [4.78, 5) is 11.6. The maximum Gasteiger partial charge on any atom is 0.311 e. The molecule has 1 rings (SSSR count). The summed E-state index contributed by atoms with van der Waals surface area (Å²) in [7, 11) is 0. The van der Waals surface area contributed by atoms with E-state index in [-0.39, 0.29) is 17.5 Å². The second-order valence-corrected chi connectivity index (χ2v) is 5.16. The van der Waals surface area contributed by atoms with Crippen molar-refractivity contribution in [3.8, 4) is 0 Å². The van der Waals surface area contributed by atoms with E-state index in [1.807, 2.05) is 20.8 Å². The van der Waals surface area contributed by atoms with Crippen molar-refractivity contribution < 1.29 is 9.53 Å². The highest BCUT2D eigenvalue weighted by Crippen LogP contribution is 2.19.